The van der Waals surface area contributed by atoms with Crippen molar-refractivity contribution >= 4 is 23.7 Å². The minimum atomic E-state index is -1.62. The Kier molecular flexibility index (Phi) is 11.0. The number of hydrogen-bond donors (Lipinski definition) is 7. The highest BCUT2D eigenvalue weighted by molar-refractivity contribution is 5.94. The average Bonchev–Trinajstić information content (AvgIpc) is 2.85. The molecule has 2 aromatic carbocycles. The van der Waals surface area contributed by atoms with Gasteiger partial charge in [-0.1, -0.05) is 60.7 Å². The number of aliphatic carboxylic acids is 1. The largest absolute Gasteiger partial charge is 0.480 e. The number of carboxylic acids is 1. The van der Waals surface area contributed by atoms with Crippen molar-refractivity contribution in [1.29, 1.82) is 0 Å². The molecule has 2 aromatic rings. The van der Waals surface area contributed by atoms with Crippen molar-refractivity contribution < 1.29 is 34.5 Å². The van der Waals surface area contributed by atoms with E-state index in [4.69, 9.17) is 15.9 Å². The number of carboxylic acid groups (broad SMARTS) is 1. The monoisotopic (exact) mass is 500 g/mol. The van der Waals surface area contributed by atoms with E-state index in [1.165, 1.54) is 6.92 Å². The Labute approximate surface area is 208 Å². The van der Waals surface area contributed by atoms with Gasteiger partial charge in [0.1, 0.15) is 18.1 Å². The summed E-state index contributed by atoms with van der Waals surface area (Å²) in [5.41, 5.74) is 7.62. The Morgan fingerprint density at radius 2 is 1.28 bits per heavy atom. The van der Waals surface area contributed by atoms with Crippen molar-refractivity contribution in [2.75, 3.05) is 6.61 Å². The molecule has 11 heteroatoms. The number of hydrogen-bond acceptors (Lipinski definition) is 7. The van der Waals surface area contributed by atoms with Crippen molar-refractivity contribution in [3.05, 3.63) is 71.8 Å². The predicted molar refractivity (Wildman–Crippen MR) is 130 cm³/mol. The summed E-state index contributed by atoms with van der Waals surface area (Å²) in [5, 5.41) is 35.3. The number of amides is 3. The van der Waals surface area contributed by atoms with Gasteiger partial charge in [-0.3, -0.25) is 14.4 Å². The molecule has 0 aromatic heterocycles. The number of nitrogens with one attached hydrogen (secondary N) is 3. The average molecular weight is 501 g/mol. The third-order valence-corrected chi connectivity index (χ3v) is 5.41. The van der Waals surface area contributed by atoms with Crippen LogP contribution in [0.5, 0.6) is 0 Å². The number of carbonyl (C=O) groups excluding carboxylic acids is 3. The van der Waals surface area contributed by atoms with Gasteiger partial charge in [0.25, 0.3) is 0 Å². The van der Waals surface area contributed by atoms with Gasteiger partial charge in [0.15, 0.2) is 0 Å². The standard InChI is InChI=1S/C25H32N4O7/c1-15(31)21(24(34)28-20(14-30)25(35)36)29-23(33)19(13-17-10-6-3-7-11-17)27-22(32)18(26)12-16-8-4-2-5-9-16/h2-11,15,18-21,30-31H,12-14,26H2,1H3,(H,27,32)(H,28,34)(H,29,33)(H,35,36). The van der Waals surface area contributed by atoms with E-state index in [0.717, 1.165) is 11.1 Å². The van der Waals surface area contributed by atoms with Gasteiger partial charge in [-0.15, -0.1) is 0 Å². The molecule has 5 atom stereocenters. The maximum absolute atomic E-state index is 13.1. The van der Waals surface area contributed by atoms with E-state index < -0.39 is 60.6 Å². The van der Waals surface area contributed by atoms with Gasteiger partial charge >= 0.3 is 5.97 Å². The van der Waals surface area contributed by atoms with Crippen LogP contribution in [0, 0.1) is 0 Å². The van der Waals surface area contributed by atoms with Crippen LogP contribution in [0.3, 0.4) is 0 Å². The zero-order valence-electron chi connectivity index (χ0n) is 19.8. The van der Waals surface area contributed by atoms with Crippen LogP contribution in [0.1, 0.15) is 18.1 Å². The number of aliphatic hydroxyl groups excluding tert-OH is 2. The maximum Gasteiger partial charge on any atom is 0.328 e. The Bertz CT molecular complexity index is 1020. The van der Waals surface area contributed by atoms with Crippen LogP contribution in [0.25, 0.3) is 0 Å². The van der Waals surface area contributed by atoms with Gasteiger partial charge in [0.05, 0.1) is 18.8 Å². The molecule has 5 unspecified atom stereocenters. The molecule has 11 nitrogen and oxygen atoms in total. The van der Waals surface area contributed by atoms with E-state index >= 15 is 0 Å². The lowest BCUT2D eigenvalue weighted by atomic mass is 10.0. The highest BCUT2D eigenvalue weighted by Gasteiger charge is 2.32. The molecule has 0 saturated carbocycles. The molecule has 36 heavy (non-hydrogen) atoms. The van der Waals surface area contributed by atoms with Crippen LogP contribution in [-0.4, -0.2) is 75.9 Å². The molecule has 194 valence electrons. The van der Waals surface area contributed by atoms with Crippen LogP contribution in [0.15, 0.2) is 60.7 Å². The van der Waals surface area contributed by atoms with Crippen LogP contribution >= 0.6 is 0 Å². The summed E-state index contributed by atoms with van der Waals surface area (Å²) in [6.07, 6.45) is -1.10. The lowest BCUT2D eigenvalue weighted by Gasteiger charge is -2.26. The first-order valence-corrected chi connectivity index (χ1v) is 11.4. The zero-order valence-corrected chi connectivity index (χ0v) is 19.8. The quantitative estimate of drug-likeness (QED) is 0.177. The summed E-state index contributed by atoms with van der Waals surface area (Å²) in [6, 6.07) is 12.7. The van der Waals surface area contributed by atoms with E-state index in [1.807, 2.05) is 30.3 Å². The first-order chi connectivity index (χ1) is 17.1. The van der Waals surface area contributed by atoms with Crippen LogP contribution in [-0.2, 0) is 32.0 Å². The Balaban J connectivity index is 2.17. The molecule has 0 saturated heterocycles. The van der Waals surface area contributed by atoms with Gasteiger partial charge in [-0.25, -0.2) is 4.79 Å². The summed E-state index contributed by atoms with van der Waals surface area (Å²) < 4.78 is 0. The van der Waals surface area contributed by atoms with Gasteiger partial charge in [-0.2, -0.15) is 0 Å². The highest BCUT2D eigenvalue weighted by atomic mass is 16.4. The lowest BCUT2D eigenvalue weighted by molar-refractivity contribution is -0.144. The number of rotatable bonds is 13. The topological polar surface area (TPSA) is 191 Å². The molecule has 0 aliphatic carbocycles. The molecule has 2 rings (SSSR count). The Morgan fingerprint density at radius 3 is 1.75 bits per heavy atom. The van der Waals surface area contributed by atoms with Crippen molar-refractivity contribution in [3.8, 4) is 0 Å². The number of nitrogens with two attached hydrogens (primary N) is 1. The van der Waals surface area contributed by atoms with E-state index in [2.05, 4.69) is 16.0 Å². The lowest BCUT2D eigenvalue weighted by Crippen LogP contribution is -2.60. The SMILES string of the molecule is CC(O)C(NC(=O)C(Cc1ccccc1)NC(=O)C(N)Cc1ccccc1)C(=O)NC(CO)C(=O)O. The highest BCUT2D eigenvalue weighted by Crippen LogP contribution is 2.07. The van der Waals surface area contributed by atoms with Crippen molar-refractivity contribution in [2.45, 2.75) is 50.0 Å². The number of carbonyl (C=O) groups is 4. The van der Waals surface area contributed by atoms with Crippen LogP contribution in [0.4, 0.5) is 0 Å². The number of aliphatic hydroxyl groups is 2. The molecule has 3 amide bonds. The molecule has 0 spiro atoms. The normalized spacial score (nSPS) is 15.0. The van der Waals surface area contributed by atoms with Crippen LogP contribution in [0.2, 0.25) is 0 Å². The zero-order chi connectivity index (χ0) is 26.7. The smallest absolute Gasteiger partial charge is 0.328 e. The third kappa shape index (κ3) is 8.77. The molecule has 8 N–H and O–H groups in total. The first kappa shape index (κ1) is 28.4. The van der Waals surface area contributed by atoms with Crippen molar-refractivity contribution in [3.63, 3.8) is 0 Å². The maximum atomic E-state index is 13.1. The van der Waals surface area contributed by atoms with Gasteiger partial charge < -0.3 is 37.0 Å². The van der Waals surface area contributed by atoms with E-state index in [1.54, 1.807) is 30.3 Å². The molecule has 0 aliphatic heterocycles. The fraction of sp³-hybridized carbons (Fsp3) is 0.360. The molecule has 0 radical (unpaired) electrons. The van der Waals surface area contributed by atoms with Gasteiger partial charge in [0.2, 0.25) is 17.7 Å². The predicted octanol–water partition coefficient (Wildman–Crippen LogP) is -1.29. The number of benzene rings is 2. The van der Waals surface area contributed by atoms with Crippen molar-refractivity contribution in [2.24, 2.45) is 5.73 Å². The second-order valence-electron chi connectivity index (χ2n) is 8.36. The summed E-state index contributed by atoms with van der Waals surface area (Å²) >= 11 is 0. The molecular formula is C25H32N4O7. The van der Waals surface area contributed by atoms with Gasteiger partial charge in [-0.05, 0) is 24.5 Å². The Morgan fingerprint density at radius 1 is 0.778 bits per heavy atom. The minimum absolute atomic E-state index is 0.0685. The van der Waals surface area contributed by atoms with Gasteiger partial charge in [0, 0.05) is 6.42 Å². The summed E-state index contributed by atoms with van der Waals surface area (Å²) in [5.74, 6) is -3.86. The molecule has 0 fully saturated rings. The second-order valence-corrected chi connectivity index (χ2v) is 8.36. The summed E-state index contributed by atoms with van der Waals surface area (Å²) in [4.78, 5) is 49.6. The summed E-state index contributed by atoms with van der Waals surface area (Å²) in [7, 11) is 0. The second kappa shape index (κ2) is 13.9. The molecule has 0 bridgehead atoms. The fourth-order valence-electron chi connectivity index (χ4n) is 3.40. The Hall–Kier alpha value is -3.80. The van der Waals surface area contributed by atoms with E-state index in [9.17, 15) is 24.3 Å². The third-order valence-electron chi connectivity index (χ3n) is 5.41. The van der Waals surface area contributed by atoms with Crippen molar-refractivity contribution in [1.82, 2.24) is 16.0 Å². The van der Waals surface area contributed by atoms with E-state index in [0.29, 0.717) is 0 Å². The minimum Gasteiger partial charge on any atom is -0.480 e. The summed E-state index contributed by atoms with van der Waals surface area (Å²) in [6.45, 7) is 0.355. The van der Waals surface area contributed by atoms with Crippen LogP contribution < -0.4 is 21.7 Å². The molecular weight excluding hydrogens is 468 g/mol. The van der Waals surface area contributed by atoms with E-state index in [-0.39, 0.29) is 12.8 Å². The molecule has 0 heterocycles. The fourth-order valence-corrected chi connectivity index (χ4v) is 3.40. The first-order valence-electron chi connectivity index (χ1n) is 11.4. The molecule has 0 aliphatic rings.